The molecule has 0 unspecified atom stereocenters. The van der Waals surface area contributed by atoms with Crippen molar-refractivity contribution in [3.63, 3.8) is 0 Å². The second-order valence-corrected chi connectivity index (χ2v) is 7.56. The molecule has 6 heteroatoms. The number of rotatable bonds is 5. The van der Waals surface area contributed by atoms with Gasteiger partial charge in [-0.2, -0.15) is 5.10 Å². The molecular formula is C17H28N6. The molecule has 0 bridgehead atoms. The number of aryl methyl sites for hydroxylation is 1. The quantitative estimate of drug-likeness (QED) is 0.914. The van der Waals surface area contributed by atoms with Crippen LogP contribution in [0.4, 0.5) is 0 Å². The van der Waals surface area contributed by atoms with Gasteiger partial charge in [0.1, 0.15) is 5.69 Å². The lowest BCUT2D eigenvalue weighted by atomic mass is 9.93. The molecule has 1 N–H and O–H groups in total. The van der Waals surface area contributed by atoms with Gasteiger partial charge in [-0.15, -0.1) is 0 Å². The second-order valence-electron chi connectivity index (χ2n) is 7.56. The average Bonchev–Trinajstić information content (AvgIpc) is 2.98. The van der Waals surface area contributed by atoms with Gasteiger partial charge in [0.15, 0.2) is 5.82 Å². The molecule has 0 amide bonds. The van der Waals surface area contributed by atoms with Crippen molar-refractivity contribution in [3.8, 4) is 11.5 Å². The van der Waals surface area contributed by atoms with E-state index >= 15 is 0 Å². The largest absolute Gasteiger partial charge is 0.329 e. The third-order valence-corrected chi connectivity index (χ3v) is 4.18. The van der Waals surface area contributed by atoms with Gasteiger partial charge in [-0.1, -0.05) is 13.8 Å². The summed E-state index contributed by atoms with van der Waals surface area (Å²) in [7, 11) is 4.24. The molecule has 3 heterocycles. The van der Waals surface area contributed by atoms with E-state index in [0.29, 0.717) is 0 Å². The Morgan fingerprint density at radius 2 is 2.17 bits per heavy atom. The van der Waals surface area contributed by atoms with Crippen LogP contribution in [0.2, 0.25) is 0 Å². The predicted octanol–water partition coefficient (Wildman–Crippen LogP) is 1.83. The summed E-state index contributed by atoms with van der Waals surface area (Å²) >= 11 is 0. The van der Waals surface area contributed by atoms with Crippen molar-refractivity contribution in [2.45, 2.75) is 39.9 Å². The van der Waals surface area contributed by atoms with Crippen molar-refractivity contribution >= 4 is 0 Å². The Morgan fingerprint density at radius 1 is 1.35 bits per heavy atom. The lowest BCUT2D eigenvalue weighted by Gasteiger charge is -2.29. The zero-order valence-electron chi connectivity index (χ0n) is 14.7. The number of hydrogen-bond donors (Lipinski definition) is 1. The van der Waals surface area contributed by atoms with Crippen molar-refractivity contribution in [3.05, 3.63) is 24.2 Å². The van der Waals surface area contributed by atoms with Gasteiger partial charge in [0.25, 0.3) is 0 Å². The van der Waals surface area contributed by atoms with Crippen molar-refractivity contribution in [2.24, 2.45) is 5.41 Å². The van der Waals surface area contributed by atoms with Gasteiger partial charge >= 0.3 is 0 Å². The maximum atomic E-state index is 4.79. The van der Waals surface area contributed by atoms with E-state index in [1.165, 1.54) is 5.69 Å². The van der Waals surface area contributed by atoms with E-state index < -0.39 is 0 Å². The molecule has 1 aliphatic rings. The Bertz CT molecular complexity index is 628. The van der Waals surface area contributed by atoms with Gasteiger partial charge in [0, 0.05) is 38.6 Å². The van der Waals surface area contributed by atoms with E-state index in [0.717, 1.165) is 50.7 Å². The zero-order valence-corrected chi connectivity index (χ0v) is 14.7. The summed E-state index contributed by atoms with van der Waals surface area (Å²) in [6, 6.07) is 2.18. The number of aromatic nitrogens is 4. The molecule has 0 fully saturated rings. The molecule has 0 spiro atoms. The number of hydrogen-bond acceptors (Lipinski definition) is 4. The van der Waals surface area contributed by atoms with Crippen molar-refractivity contribution in [1.29, 1.82) is 0 Å². The van der Waals surface area contributed by atoms with Gasteiger partial charge in [-0.3, -0.25) is 4.68 Å². The first-order chi connectivity index (χ1) is 10.9. The third-order valence-electron chi connectivity index (χ3n) is 4.18. The van der Waals surface area contributed by atoms with Crippen LogP contribution in [0, 0.1) is 5.41 Å². The van der Waals surface area contributed by atoms with E-state index in [1.54, 1.807) is 0 Å². The van der Waals surface area contributed by atoms with Crippen LogP contribution >= 0.6 is 0 Å². The minimum Gasteiger partial charge on any atom is -0.329 e. The fourth-order valence-electron chi connectivity index (χ4n) is 3.51. The minimum absolute atomic E-state index is 0.178. The number of nitrogens with one attached hydrogen (secondary N) is 1. The summed E-state index contributed by atoms with van der Waals surface area (Å²) in [6.07, 6.45) is 5.07. The summed E-state index contributed by atoms with van der Waals surface area (Å²) < 4.78 is 4.36. The first-order valence-electron chi connectivity index (χ1n) is 8.38. The Balaban J connectivity index is 1.84. The molecule has 3 rings (SSSR count). The Hall–Kier alpha value is -1.66. The van der Waals surface area contributed by atoms with E-state index in [2.05, 4.69) is 64.7 Å². The van der Waals surface area contributed by atoms with E-state index in [4.69, 9.17) is 5.10 Å². The maximum absolute atomic E-state index is 4.79. The first kappa shape index (κ1) is 16.2. The third kappa shape index (κ3) is 3.82. The van der Waals surface area contributed by atoms with Crippen LogP contribution in [-0.4, -0.2) is 51.4 Å². The van der Waals surface area contributed by atoms with Gasteiger partial charge in [-0.25, -0.2) is 4.98 Å². The van der Waals surface area contributed by atoms with Crippen LogP contribution in [0.15, 0.2) is 18.5 Å². The summed E-state index contributed by atoms with van der Waals surface area (Å²) in [6.45, 7) is 9.49. The molecule has 0 aromatic carbocycles. The van der Waals surface area contributed by atoms with E-state index in [1.807, 2.05) is 6.20 Å². The molecule has 0 atom stereocenters. The molecule has 0 aliphatic carbocycles. The van der Waals surface area contributed by atoms with Gasteiger partial charge in [0.2, 0.25) is 0 Å². The molecule has 0 saturated heterocycles. The van der Waals surface area contributed by atoms with Crippen LogP contribution < -0.4 is 5.32 Å². The number of imidazole rings is 1. The summed E-state index contributed by atoms with van der Waals surface area (Å²) in [5.74, 6) is 0.970. The van der Waals surface area contributed by atoms with Gasteiger partial charge in [0.05, 0.1) is 5.69 Å². The van der Waals surface area contributed by atoms with E-state index in [-0.39, 0.29) is 5.41 Å². The molecule has 0 radical (unpaired) electrons. The Morgan fingerprint density at radius 3 is 2.96 bits per heavy atom. The maximum Gasteiger partial charge on any atom is 0.160 e. The minimum atomic E-state index is 0.178. The van der Waals surface area contributed by atoms with Crippen molar-refractivity contribution < 1.29 is 0 Å². The van der Waals surface area contributed by atoms with Gasteiger partial charge < -0.3 is 14.8 Å². The Kier molecular flexibility index (Phi) is 4.55. The normalized spacial score (nSPS) is 15.7. The highest BCUT2D eigenvalue weighted by molar-refractivity contribution is 5.50. The lowest BCUT2D eigenvalue weighted by molar-refractivity contribution is 0.212. The van der Waals surface area contributed by atoms with Crippen LogP contribution in [0.1, 0.15) is 26.0 Å². The van der Waals surface area contributed by atoms with Crippen LogP contribution in [0.3, 0.4) is 0 Å². The molecule has 2 aromatic rings. The highest BCUT2D eigenvalue weighted by atomic mass is 15.3. The average molecular weight is 316 g/mol. The Labute approximate surface area is 138 Å². The summed E-state index contributed by atoms with van der Waals surface area (Å²) in [4.78, 5) is 6.81. The first-order valence-corrected chi connectivity index (χ1v) is 8.38. The lowest BCUT2D eigenvalue weighted by Crippen LogP contribution is -2.32. The summed E-state index contributed by atoms with van der Waals surface area (Å²) in [5.41, 5.74) is 2.41. The van der Waals surface area contributed by atoms with Crippen LogP contribution in [0.25, 0.3) is 11.5 Å². The molecule has 1 aliphatic heterocycles. The topological polar surface area (TPSA) is 50.9 Å². The fraction of sp³-hybridized carbons (Fsp3) is 0.647. The highest BCUT2D eigenvalue weighted by Crippen LogP contribution is 2.24. The van der Waals surface area contributed by atoms with Gasteiger partial charge in [-0.05, 0) is 38.5 Å². The van der Waals surface area contributed by atoms with Crippen LogP contribution in [-0.2, 0) is 19.6 Å². The SMILES string of the molecule is CN(C)CC(C)(C)Cn1ccnc1-c1cc2n(n1)CCCNC2. The monoisotopic (exact) mass is 316 g/mol. The standard InChI is InChI=1S/C17H28N6/c1-17(2,12-21(3)4)13-22-9-7-19-16(22)15-10-14-11-18-6-5-8-23(14)20-15/h7,9-10,18H,5-6,8,11-13H2,1-4H3. The predicted molar refractivity (Wildman–Crippen MR) is 92.1 cm³/mol. The molecule has 23 heavy (non-hydrogen) atoms. The van der Waals surface area contributed by atoms with E-state index in [9.17, 15) is 0 Å². The van der Waals surface area contributed by atoms with Crippen molar-refractivity contribution in [2.75, 3.05) is 27.2 Å². The zero-order chi connectivity index (χ0) is 16.4. The fourth-order valence-corrected chi connectivity index (χ4v) is 3.51. The molecule has 6 nitrogen and oxygen atoms in total. The van der Waals surface area contributed by atoms with Crippen LogP contribution in [0.5, 0.6) is 0 Å². The molecule has 126 valence electrons. The molecule has 0 saturated carbocycles. The highest BCUT2D eigenvalue weighted by Gasteiger charge is 2.22. The molecular weight excluding hydrogens is 288 g/mol. The van der Waals surface area contributed by atoms with Crippen molar-refractivity contribution in [1.82, 2.24) is 29.5 Å². The smallest absolute Gasteiger partial charge is 0.160 e. The summed E-state index contributed by atoms with van der Waals surface area (Å²) in [5, 5.41) is 8.23. The number of nitrogens with zero attached hydrogens (tertiary/aromatic N) is 5. The molecule has 2 aromatic heterocycles. The second kappa shape index (κ2) is 6.45. The number of fused-ring (bicyclic) bond motifs is 1.